The van der Waals surface area contributed by atoms with Crippen LogP contribution in [-0.4, -0.2) is 46.9 Å². The zero-order chi connectivity index (χ0) is 20.0. The average molecular weight is 442 g/mol. The molecule has 0 saturated carbocycles. The van der Waals surface area contributed by atoms with Gasteiger partial charge in [0.1, 0.15) is 11.6 Å². The van der Waals surface area contributed by atoms with Gasteiger partial charge < -0.3 is 30.0 Å². The maximum atomic E-state index is 9.83. The predicted octanol–water partition coefficient (Wildman–Crippen LogP) is -1.01. The number of unbranched alkanes of at least 4 members (excludes halogenated alkanes) is 2. The zero-order valence-corrected chi connectivity index (χ0v) is 18.0. The van der Waals surface area contributed by atoms with Crippen molar-refractivity contribution >= 4 is 23.5 Å². The fraction of sp³-hybridized carbons (Fsp3) is 0.750. The van der Waals surface area contributed by atoms with E-state index < -0.39 is 24.8 Å². The van der Waals surface area contributed by atoms with Gasteiger partial charge in [0.15, 0.2) is 0 Å². The summed E-state index contributed by atoms with van der Waals surface area (Å²) in [6, 6.07) is 0. The van der Waals surface area contributed by atoms with Crippen molar-refractivity contribution in [2.75, 3.05) is 13.2 Å². The smallest absolute Gasteiger partial charge is 0.550 e. The Morgan fingerprint density at radius 2 is 0.960 bits per heavy atom. The van der Waals surface area contributed by atoms with Crippen LogP contribution < -0.4 is 10.2 Å². The number of aliphatic carboxylic acids is 2. The third-order valence-electron chi connectivity index (χ3n) is 1.81. The summed E-state index contributed by atoms with van der Waals surface area (Å²) in [5, 5.41) is 35.1. The van der Waals surface area contributed by atoms with Crippen LogP contribution in [-0.2, 0) is 45.4 Å². The second kappa shape index (κ2) is 30.9. The Morgan fingerprint density at radius 3 is 0.960 bits per heavy atom. The minimum atomic E-state index is -1.31. The van der Waals surface area contributed by atoms with E-state index in [1.165, 1.54) is 13.8 Å². The van der Waals surface area contributed by atoms with Gasteiger partial charge in [-0.15, -0.1) is 0 Å². The number of carboxylic acid groups (broad SMARTS) is 2. The Balaban J connectivity index is -0.0000000711. The number of carbonyl (C=O) groups is 4. The van der Waals surface area contributed by atoms with Crippen molar-refractivity contribution < 1.29 is 65.8 Å². The third-order valence-corrected chi connectivity index (χ3v) is 1.81. The molecule has 0 aliphatic rings. The summed E-state index contributed by atoms with van der Waals surface area (Å²) in [5.41, 5.74) is 0. The van der Waals surface area contributed by atoms with E-state index in [0.29, 0.717) is 13.2 Å². The van der Waals surface area contributed by atoms with Crippen molar-refractivity contribution in [1.29, 1.82) is 0 Å². The summed E-state index contributed by atoms with van der Waals surface area (Å²) in [6.07, 6.45) is 3.13. The van der Waals surface area contributed by atoms with Gasteiger partial charge in [-0.3, -0.25) is 9.59 Å². The van der Waals surface area contributed by atoms with Gasteiger partial charge in [-0.1, -0.05) is 26.7 Å². The van der Waals surface area contributed by atoms with Crippen molar-refractivity contribution in [3.63, 3.8) is 0 Å². The molecule has 0 aliphatic carbocycles. The molecule has 0 fully saturated rings. The molecule has 0 spiro atoms. The van der Waals surface area contributed by atoms with Crippen molar-refractivity contribution in [3.05, 3.63) is 0 Å². The summed E-state index contributed by atoms with van der Waals surface area (Å²) < 4.78 is 0. The first-order valence-corrected chi connectivity index (χ1v) is 7.69. The van der Waals surface area contributed by atoms with Gasteiger partial charge in [0, 0.05) is 38.0 Å². The SMILES string of the molecule is CC(=O)CC(=O)[O-].CC(=O)CC(=O)[O-].CCCCO.CCCCO.[Zr+2]. The number of aliphatic hydroxyl groups is 2. The molecule has 0 aliphatic heterocycles. The largest absolute Gasteiger partial charge is 2.00 e. The molecule has 8 nitrogen and oxygen atoms in total. The molecule has 9 heteroatoms. The van der Waals surface area contributed by atoms with Gasteiger partial charge >= 0.3 is 26.2 Å². The Kier molecular flexibility index (Phi) is 43.6. The molecule has 0 heterocycles. The molecule has 0 bridgehead atoms. The first-order valence-electron chi connectivity index (χ1n) is 7.69. The van der Waals surface area contributed by atoms with Crippen LogP contribution in [0.4, 0.5) is 0 Å². The maximum Gasteiger partial charge on any atom is 2.00 e. The van der Waals surface area contributed by atoms with Crippen molar-refractivity contribution in [2.24, 2.45) is 0 Å². The molecule has 25 heavy (non-hydrogen) atoms. The number of carboxylic acids is 2. The average Bonchev–Trinajstić information content (AvgIpc) is 2.39. The van der Waals surface area contributed by atoms with Crippen LogP contribution in [0, 0.1) is 0 Å². The summed E-state index contributed by atoms with van der Waals surface area (Å²) in [4.78, 5) is 38.6. The van der Waals surface area contributed by atoms with Crippen LogP contribution >= 0.6 is 0 Å². The number of aliphatic hydroxyl groups excluding tert-OH is 2. The molecule has 0 amide bonds. The first kappa shape index (κ1) is 35.2. The van der Waals surface area contributed by atoms with Gasteiger partial charge in [0.05, 0.1) is 0 Å². The minimum absolute atomic E-state index is 0. The van der Waals surface area contributed by atoms with Gasteiger partial charge in [-0.05, 0) is 26.7 Å². The number of ketones is 2. The number of Topliss-reactive ketones (excluding diaryl/α,β-unsaturated/α-hetero) is 2. The van der Waals surface area contributed by atoms with E-state index in [9.17, 15) is 29.4 Å². The van der Waals surface area contributed by atoms with Crippen molar-refractivity contribution in [2.45, 2.75) is 66.2 Å². The molecule has 0 aromatic rings. The number of hydrogen-bond donors (Lipinski definition) is 2. The predicted molar refractivity (Wildman–Crippen MR) is 84.6 cm³/mol. The topological polar surface area (TPSA) is 155 Å². The summed E-state index contributed by atoms with van der Waals surface area (Å²) >= 11 is 0. The van der Waals surface area contributed by atoms with Crippen molar-refractivity contribution in [1.82, 2.24) is 0 Å². The molecule has 0 aromatic carbocycles. The van der Waals surface area contributed by atoms with E-state index in [4.69, 9.17) is 10.2 Å². The Labute approximate surface area is 168 Å². The van der Waals surface area contributed by atoms with E-state index in [0.717, 1.165) is 25.7 Å². The van der Waals surface area contributed by atoms with Gasteiger partial charge in [-0.25, -0.2) is 0 Å². The van der Waals surface area contributed by atoms with Crippen LogP contribution in [0.15, 0.2) is 0 Å². The fourth-order valence-corrected chi connectivity index (χ4v) is 0.723. The van der Waals surface area contributed by atoms with Crippen LogP contribution in [0.25, 0.3) is 0 Å². The summed E-state index contributed by atoms with van der Waals surface area (Å²) in [6.45, 7) is 7.20. The Hall–Kier alpha value is -0.917. The Bertz CT molecular complexity index is 272. The number of rotatable bonds is 8. The third kappa shape index (κ3) is 83.5. The van der Waals surface area contributed by atoms with Crippen LogP contribution in [0.1, 0.15) is 66.2 Å². The second-order valence-electron chi connectivity index (χ2n) is 4.66. The van der Waals surface area contributed by atoms with Gasteiger partial charge in [0.2, 0.25) is 0 Å². The molecule has 0 radical (unpaired) electrons. The van der Waals surface area contributed by atoms with E-state index in [1.807, 2.05) is 0 Å². The van der Waals surface area contributed by atoms with Crippen LogP contribution in [0.5, 0.6) is 0 Å². The molecule has 0 saturated heterocycles. The monoisotopic (exact) mass is 440 g/mol. The first-order chi connectivity index (χ1) is 11.1. The van der Waals surface area contributed by atoms with E-state index in [1.54, 1.807) is 0 Å². The van der Waals surface area contributed by atoms with E-state index >= 15 is 0 Å². The van der Waals surface area contributed by atoms with E-state index in [-0.39, 0.29) is 37.8 Å². The fourth-order valence-electron chi connectivity index (χ4n) is 0.723. The normalized spacial score (nSPS) is 7.92. The van der Waals surface area contributed by atoms with Gasteiger partial charge in [-0.2, -0.15) is 0 Å². The second-order valence-corrected chi connectivity index (χ2v) is 4.66. The molecule has 2 N–H and O–H groups in total. The zero-order valence-electron chi connectivity index (χ0n) is 15.5. The summed E-state index contributed by atoms with van der Waals surface area (Å²) in [7, 11) is 0. The van der Waals surface area contributed by atoms with Gasteiger partial charge in [0.25, 0.3) is 0 Å². The quantitative estimate of drug-likeness (QED) is 0.454. The molecule has 0 aromatic heterocycles. The van der Waals surface area contributed by atoms with E-state index in [2.05, 4.69) is 13.8 Å². The molecule has 146 valence electrons. The number of hydrogen-bond acceptors (Lipinski definition) is 8. The molecule has 0 rings (SSSR count). The van der Waals surface area contributed by atoms with Crippen LogP contribution in [0.3, 0.4) is 0 Å². The number of carbonyl (C=O) groups excluding carboxylic acids is 4. The molecule has 0 unspecified atom stereocenters. The standard InChI is InChI=1S/2C4H6O3.2C4H10O.Zr/c2*1-3(5)2-4(6)7;2*1-2-3-4-5;/h2*2H2,1H3,(H,6,7);2*5H,2-4H2,1H3;/q;;;;+2/p-2. The molecule has 0 atom stereocenters. The Morgan fingerprint density at radius 1 is 0.720 bits per heavy atom. The summed E-state index contributed by atoms with van der Waals surface area (Å²) in [5.74, 6) is -3.37. The van der Waals surface area contributed by atoms with Crippen LogP contribution in [0.2, 0.25) is 0 Å². The molecular weight excluding hydrogens is 411 g/mol. The maximum absolute atomic E-state index is 9.83. The van der Waals surface area contributed by atoms with Crippen molar-refractivity contribution in [3.8, 4) is 0 Å². The minimum Gasteiger partial charge on any atom is -0.550 e. The molecular formula is C16H30O8Zr.